The van der Waals surface area contributed by atoms with E-state index in [2.05, 4.69) is 128 Å². The second kappa shape index (κ2) is 9.01. The van der Waals surface area contributed by atoms with Crippen LogP contribution in [0.25, 0.3) is 43.5 Å². The van der Waals surface area contributed by atoms with E-state index in [4.69, 9.17) is 16.0 Å². The van der Waals surface area contributed by atoms with Crippen LogP contribution >= 0.6 is 11.6 Å². The Hall–Kier alpha value is -4.05. The molecular formula is C35H28ClNOSi. The molecule has 2 nitrogen and oxygen atoms in total. The number of hydrogen-bond acceptors (Lipinski definition) is 2. The highest BCUT2D eigenvalue weighted by atomic mass is 35.5. The van der Waals surface area contributed by atoms with Crippen molar-refractivity contribution in [1.82, 2.24) is 0 Å². The van der Waals surface area contributed by atoms with E-state index in [1.165, 1.54) is 16.0 Å². The third-order valence-corrected chi connectivity index (χ3v) is 9.95. The van der Waals surface area contributed by atoms with E-state index in [9.17, 15) is 0 Å². The number of anilines is 3. The summed E-state index contributed by atoms with van der Waals surface area (Å²) in [5.41, 5.74) is 5.07. The van der Waals surface area contributed by atoms with Crippen LogP contribution in [0.5, 0.6) is 0 Å². The Bertz CT molecular complexity index is 2000. The van der Waals surface area contributed by atoms with Crippen molar-refractivity contribution >= 4 is 85.4 Å². The molecule has 1 aromatic heterocycles. The molecule has 4 heteroatoms. The number of para-hydroxylation sites is 1. The van der Waals surface area contributed by atoms with Gasteiger partial charge in [-0.3, -0.25) is 0 Å². The number of benzene rings is 6. The van der Waals surface area contributed by atoms with Gasteiger partial charge in [-0.1, -0.05) is 91.0 Å². The lowest BCUT2D eigenvalue weighted by atomic mass is 9.97. The SMILES string of the molecule is C[Si](C)(C)c1ccc(N(c2ccccc2)c2ccc3c(c2)oc2c4ccc(Cl)cc4c4ccccc4c32)cc1. The van der Waals surface area contributed by atoms with Crippen LogP contribution < -0.4 is 10.1 Å². The largest absolute Gasteiger partial charge is 0.455 e. The lowest BCUT2D eigenvalue weighted by Gasteiger charge is -2.26. The Morgan fingerprint density at radius 3 is 1.95 bits per heavy atom. The predicted molar refractivity (Wildman–Crippen MR) is 171 cm³/mol. The van der Waals surface area contributed by atoms with Crippen LogP contribution in [0.15, 0.2) is 120 Å². The van der Waals surface area contributed by atoms with Crippen LogP contribution in [-0.4, -0.2) is 8.07 Å². The van der Waals surface area contributed by atoms with Crippen molar-refractivity contribution in [3.63, 3.8) is 0 Å². The van der Waals surface area contributed by atoms with E-state index in [0.29, 0.717) is 0 Å². The molecule has 0 aliphatic heterocycles. The molecule has 39 heavy (non-hydrogen) atoms. The maximum atomic E-state index is 6.68. The lowest BCUT2D eigenvalue weighted by molar-refractivity contribution is 0.673. The number of nitrogens with zero attached hydrogens (tertiary/aromatic N) is 1. The van der Waals surface area contributed by atoms with Gasteiger partial charge < -0.3 is 9.32 Å². The van der Waals surface area contributed by atoms with Crippen molar-refractivity contribution in [1.29, 1.82) is 0 Å². The van der Waals surface area contributed by atoms with E-state index in [0.717, 1.165) is 54.8 Å². The molecule has 0 unspecified atom stereocenters. The molecule has 7 aromatic rings. The molecule has 0 amide bonds. The number of rotatable bonds is 4. The van der Waals surface area contributed by atoms with Crippen molar-refractivity contribution < 1.29 is 4.42 Å². The Kier molecular flexibility index (Phi) is 5.55. The van der Waals surface area contributed by atoms with Gasteiger partial charge in [-0.05, 0) is 70.8 Å². The predicted octanol–water partition coefficient (Wildman–Crippen LogP) is 10.6. The van der Waals surface area contributed by atoms with Gasteiger partial charge in [-0.15, -0.1) is 0 Å². The molecule has 190 valence electrons. The van der Waals surface area contributed by atoms with Gasteiger partial charge in [-0.2, -0.15) is 0 Å². The number of hydrogen-bond donors (Lipinski definition) is 0. The van der Waals surface area contributed by atoms with Gasteiger partial charge >= 0.3 is 0 Å². The summed E-state index contributed by atoms with van der Waals surface area (Å²) in [5.74, 6) is 0. The van der Waals surface area contributed by atoms with Crippen molar-refractivity contribution in [3.05, 3.63) is 120 Å². The zero-order valence-corrected chi connectivity index (χ0v) is 24.0. The van der Waals surface area contributed by atoms with Crippen LogP contribution in [-0.2, 0) is 0 Å². The van der Waals surface area contributed by atoms with E-state index in [-0.39, 0.29) is 0 Å². The number of halogens is 1. The molecule has 6 aromatic carbocycles. The molecule has 0 aliphatic rings. The molecular weight excluding hydrogens is 514 g/mol. The van der Waals surface area contributed by atoms with Crippen molar-refractivity contribution in [2.24, 2.45) is 0 Å². The minimum Gasteiger partial charge on any atom is -0.455 e. The zero-order chi connectivity index (χ0) is 26.7. The fourth-order valence-corrected chi connectivity index (χ4v) is 7.03. The molecule has 0 fully saturated rings. The monoisotopic (exact) mass is 541 g/mol. The second-order valence-electron chi connectivity index (χ2n) is 11.2. The molecule has 0 atom stereocenters. The van der Waals surface area contributed by atoms with Gasteiger partial charge in [-0.25, -0.2) is 0 Å². The summed E-state index contributed by atoms with van der Waals surface area (Å²) in [6.07, 6.45) is 0. The minimum absolute atomic E-state index is 0.726. The van der Waals surface area contributed by atoms with Crippen LogP contribution in [0.4, 0.5) is 17.1 Å². The van der Waals surface area contributed by atoms with Gasteiger partial charge in [0, 0.05) is 44.3 Å². The summed E-state index contributed by atoms with van der Waals surface area (Å²) in [6.45, 7) is 7.15. The Balaban J connectivity index is 1.47. The average Bonchev–Trinajstić information content (AvgIpc) is 3.33. The normalized spacial score (nSPS) is 12.1. The summed E-state index contributed by atoms with van der Waals surface area (Å²) in [6, 6.07) is 40.8. The summed E-state index contributed by atoms with van der Waals surface area (Å²) < 4.78 is 6.68. The van der Waals surface area contributed by atoms with Crippen LogP contribution in [0.2, 0.25) is 24.7 Å². The number of fused-ring (bicyclic) bond motifs is 8. The summed E-state index contributed by atoms with van der Waals surface area (Å²) in [4.78, 5) is 2.30. The topological polar surface area (TPSA) is 16.4 Å². The molecule has 0 radical (unpaired) electrons. The number of furan rings is 1. The maximum Gasteiger partial charge on any atom is 0.143 e. The van der Waals surface area contributed by atoms with Gasteiger partial charge in [0.25, 0.3) is 0 Å². The third-order valence-electron chi connectivity index (χ3n) is 7.65. The lowest BCUT2D eigenvalue weighted by Crippen LogP contribution is -2.37. The van der Waals surface area contributed by atoms with E-state index >= 15 is 0 Å². The van der Waals surface area contributed by atoms with Crippen molar-refractivity contribution in [2.75, 3.05) is 4.90 Å². The molecule has 0 spiro atoms. The first-order valence-electron chi connectivity index (χ1n) is 13.3. The third kappa shape index (κ3) is 4.01. The highest BCUT2D eigenvalue weighted by Gasteiger charge is 2.20. The van der Waals surface area contributed by atoms with Crippen LogP contribution in [0.3, 0.4) is 0 Å². The first kappa shape index (κ1) is 24.0. The fraction of sp³-hybridized carbons (Fsp3) is 0.0857. The molecule has 7 rings (SSSR count). The van der Waals surface area contributed by atoms with Crippen LogP contribution in [0.1, 0.15) is 0 Å². The van der Waals surface area contributed by atoms with E-state index in [1.54, 1.807) is 0 Å². The van der Waals surface area contributed by atoms with Gasteiger partial charge in [0.15, 0.2) is 0 Å². The standard InChI is InChI=1S/C35H28ClNOSi/c1-39(2,3)27-17-14-25(15-18-27)37(24-9-5-4-6-10-24)26-16-20-31-33(22-26)38-35-30-19-13-23(36)21-32(30)28-11-7-8-12-29(28)34(31)35/h4-22H,1-3H3. The van der Waals surface area contributed by atoms with E-state index in [1.807, 2.05) is 12.1 Å². The van der Waals surface area contributed by atoms with Gasteiger partial charge in [0.05, 0.1) is 8.07 Å². The van der Waals surface area contributed by atoms with Crippen molar-refractivity contribution in [3.8, 4) is 0 Å². The van der Waals surface area contributed by atoms with E-state index < -0.39 is 8.07 Å². The molecule has 0 saturated carbocycles. The first-order valence-corrected chi connectivity index (χ1v) is 17.2. The highest BCUT2D eigenvalue weighted by molar-refractivity contribution is 6.88. The molecule has 0 N–H and O–H groups in total. The Morgan fingerprint density at radius 2 is 1.21 bits per heavy atom. The quantitative estimate of drug-likeness (QED) is 0.163. The average molecular weight is 542 g/mol. The van der Waals surface area contributed by atoms with Gasteiger partial charge in [0.2, 0.25) is 0 Å². The Labute approximate surface area is 234 Å². The minimum atomic E-state index is -1.40. The Morgan fingerprint density at radius 1 is 0.564 bits per heavy atom. The zero-order valence-electron chi connectivity index (χ0n) is 22.2. The van der Waals surface area contributed by atoms with Gasteiger partial charge in [0.1, 0.15) is 11.2 Å². The second-order valence-corrected chi connectivity index (χ2v) is 16.7. The molecule has 0 saturated heterocycles. The summed E-state index contributed by atoms with van der Waals surface area (Å²) in [5, 5.41) is 8.98. The smallest absolute Gasteiger partial charge is 0.143 e. The molecule has 0 aliphatic carbocycles. The molecule has 1 heterocycles. The molecule has 0 bridgehead atoms. The maximum absolute atomic E-state index is 6.68. The van der Waals surface area contributed by atoms with Crippen molar-refractivity contribution in [2.45, 2.75) is 19.6 Å². The first-order chi connectivity index (χ1) is 18.9. The summed E-state index contributed by atoms with van der Waals surface area (Å²) in [7, 11) is -1.40. The fourth-order valence-electron chi connectivity index (χ4n) is 5.69. The van der Waals surface area contributed by atoms with Crippen LogP contribution in [0, 0.1) is 0 Å². The summed E-state index contributed by atoms with van der Waals surface area (Å²) >= 11 is 6.42. The highest BCUT2D eigenvalue weighted by Crippen LogP contribution is 2.43.